The molecule has 0 aromatic rings. The van der Waals surface area contributed by atoms with Crippen LogP contribution in [-0.2, 0) is 0 Å². The molecule has 0 bridgehead atoms. The van der Waals surface area contributed by atoms with Crippen molar-refractivity contribution in [3.8, 4) is 0 Å². The van der Waals surface area contributed by atoms with Crippen LogP contribution in [0.3, 0.4) is 0 Å². The molecule has 1 aliphatic carbocycles. The number of hydrogen-bond donors (Lipinski definition) is 1. The van der Waals surface area contributed by atoms with E-state index >= 15 is 0 Å². The van der Waals surface area contributed by atoms with Gasteiger partial charge in [0, 0.05) is 24.7 Å². The zero-order chi connectivity index (χ0) is 9.84. The molecule has 1 saturated carbocycles. The molecule has 0 aliphatic heterocycles. The normalized spacial score (nSPS) is 20.8. The Kier molecular flexibility index (Phi) is 4.23. The van der Waals surface area contributed by atoms with Crippen LogP contribution < -0.4 is 5.73 Å². The number of likely N-dealkylation sites (N-methyl/N-ethyl adjacent to an activating group) is 1. The van der Waals surface area contributed by atoms with Gasteiger partial charge in [-0.05, 0) is 38.3 Å². The van der Waals surface area contributed by atoms with Gasteiger partial charge in [-0.3, -0.25) is 4.90 Å². The van der Waals surface area contributed by atoms with Gasteiger partial charge in [0.05, 0.1) is 0 Å². The lowest BCUT2D eigenvalue weighted by Gasteiger charge is -2.26. The van der Waals surface area contributed by atoms with E-state index in [-0.39, 0.29) is 0 Å². The van der Waals surface area contributed by atoms with E-state index in [0.29, 0.717) is 6.04 Å². The number of nitrogens with zero attached hydrogens (tertiary/aromatic N) is 1. The van der Waals surface area contributed by atoms with Crippen molar-refractivity contribution in [2.75, 3.05) is 20.1 Å². The summed E-state index contributed by atoms with van der Waals surface area (Å²) in [4.78, 5) is 2.31. The van der Waals surface area contributed by atoms with Crippen LogP contribution in [0.25, 0.3) is 0 Å². The monoisotopic (exact) mass is 202 g/mol. The van der Waals surface area contributed by atoms with Gasteiger partial charge in [-0.1, -0.05) is 11.6 Å². The summed E-state index contributed by atoms with van der Waals surface area (Å²) in [5.41, 5.74) is 8.58. The lowest BCUT2D eigenvalue weighted by molar-refractivity contribution is 0.241. The summed E-state index contributed by atoms with van der Waals surface area (Å²) in [6, 6.07) is 0.548. The predicted octanol–water partition coefficient (Wildman–Crippen LogP) is 1.80. The van der Waals surface area contributed by atoms with E-state index in [1.165, 1.54) is 18.4 Å². The molecule has 0 radical (unpaired) electrons. The van der Waals surface area contributed by atoms with Gasteiger partial charge in [0.2, 0.25) is 0 Å². The predicted molar refractivity (Wildman–Crippen MR) is 57.8 cm³/mol. The van der Waals surface area contributed by atoms with Crippen molar-refractivity contribution in [1.29, 1.82) is 0 Å². The Hall–Kier alpha value is -0.0500. The first-order valence-corrected chi connectivity index (χ1v) is 5.28. The van der Waals surface area contributed by atoms with Crippen molar-refractivity contribution in [3.63, 3.8) is 0 Å². The van der Waals surface area contributed by atoms with Crippen molar-refractivity contribution in [2.24, 2.45) is 11.7 Å². The Balaban J connectivity index is 2.39. The Morgan fingerprint density at radius 3 is 2.69 bits per heavy atom. The van der Waals surface area contributed by atoms with Crippen LogP contribution in [0, 0.1) is 5.92 Å². The maximum absolute atomic E-state index is 5.74. The summed E-state index contributed by atoms with van der Waals surface area (Å²) >= 11 is 5.62. The third kappa shape index (κ3) is 3.29. The molecule has 0 aromatic heterocycles. The second kappa shape index (κ2) is 4.99. The largest absolute Gasteiger partial charge is 0.329 e. The van der Waals surface area contributed by atoms with Crippen molar-refractivity contribution >= 4 is 11.6 Å². The topological polar surface area (TPSA) is 29.3 Å². The van der Waals surface area contributed by atoms with Crippen molar-refractivity contribution in [1.82, 2.24) is 4.90 Å². The van der Waals surface area contributed by atoms with Crippen molar-refractivity contribution in [2.45, 2.75) is 25.8 Å². The molecule has 0 amide bonds. The van der Waals surface area contributed by atoms with Gasteiger partial charge >= 0.3 is 0 Å². The van der Waals surface area contributed by atoms with Gasteiger partial charge < -0.3 is 5.73 Å². The standard InChI is InChI=1S/C10H19ClN2/c1-8(5-11)7-13(2)10(6-12)9-3-4-9/h5,9-10H,3-4,6-7,12H2,1-2H3. The highest BCUT2D eigenvalue weighted by Crippen LogP contribution is 2.34. The molecule has 13 heavy (non-hydrogen) atoms. The third-order valence-corrected chi connectivity index (χ3v) is 3.03. The highest BCUT2D eigenvalue weighted by Gasteiger charge is 2.32. The quantitative estimate of drug-likeness (QED) is 0.737. The fraction of sp³-hybridized carbons (Fsp3) is 0.800. The highest BCUT2D eigenvalue weighted by molar-refractivity contribution is 6.25. The van der Waals surface area contributed by atoms with Crippen LogP contribution in [0.5, 0.6) is 0 Å². The van der Waals surface area contributed by atoms with Crippen LogP contribution in [-0.4, -0.2) is 31.1 Å². The molecule has 0 saturated heterocycles. The summed E-state index contributed by atoms with van der Waals surface area (Å²) < 4.78 is 0. The first kappa shape index (κ1) is 11.0. The van der Waals surface area contributed by atoms with E-state index < -0.39 is 0 Å². The Morgan fingerprint density at radius 2 is 2.31 bits per heavy atom. The lowest BCUT2D eigenvalue weighted by Crippen LogP contribution is -2.40. The molecule has 0 spiro atoms. The fourth-order valence-electron chi connectivity index (χ4n) is 1.76. The van der Waals surface area contributed by atoms with Crippen molar-refractivity contribution < 1.29 is 0 Å². The van der Waals surface area contributed by atoms with E-state index in [0.717, 1.165) is 19.0 Å². The molecule has 3 heteroatoms. The minimum absolute atomic E-state index is 0.548. The molecular formula is C10H19ClN2. The summed E-state index contributed by atoms with van der Waals surface area (Å²) in [5.74, 6) is 0.832. The van der Waals surface area contributed by atoms with Gasteiger partial charge in [-0.2, -0.15) is 0 Å². The smallest absolute Gasteiger partial charge is 0.0246 e. The second-order valence-electron chi connectivity index (χ2n) is 4.01. The zero-order valence-electron chi connectivity index (χ0n) is 8.46. The summed E-state index contributed by atoms with van der Waals surface area (Å²) in [5, 5.41) is 0. The van der Waals surface area contributed by atoms with E-state index in [2.05, 4.69) is 11.9 Å². The van der Waals surface area contributed by atoms with Crippen LogP contribution in [0.1, 0.15) is 19.8 Å². The maximum atomic E-state index is 5.74. The highest BCUT2D eigenvalue weighted by atomic mass is 35.5. The molecule has 76 valence electrons. The minimum atomic E-state index is 0.548. The first-order chi connectivity index (χ1) is 6.19. The Labute approximate surface area is 85.7 Å². The van der Waals surface area contributed by atoms with Gasteiger partial charge in [-0.25, -0.2) is 0 Å². The van der Waals surface area contributed by atoms with Crippen LogP contribution in [0.15, 0.2) is 11.1 Å². The molecule has 1 fully saturated rings. The number of nitrogens with two attached hydrogens (primary N) is 1. The average molecular weight is 203 g/mol. The third-order valence-electron chi connectivity index (χ3n) is 2.66. The van der Waals surface area contributed by atoms with E-state index in [9.17, 15) is 0 Å². The Bertz CT molecular complexity index is 187. The zero-order valence-corrected chi connectivity index (χ0v) is 9.22. The average Bonchev–Trinajstić information content (AvgIpc) is 2.89. The summed E-state index contributed by atoms with van der Waals surface area (Å²) in [7, 11) is 2.12. The number of rotatable bonds is 5. The molecule has 1 atom stereocenters. The van der Waals surface area contributed by atoms with E-state index in [1.54, 1.807) is 5.54 Å². The molecule has 1 aliphatic rings. The summed E-state index contributed by atoms with van der Waals surface area (Å²) in [6.07, 6.45) is 2.69. The number of hydrogen-bond acceptors (Lipinski definition) is 2. The van der Waals surface area contributed by atoms with Crippen LogP contribution in [0.2, 0.25) is 0 Å². The van der Waals surface area contributed by atoms with Gasteiger partial charge in [0.15, 0.2) is 0 Å². The molecular weight excluding hydrogens is 184 g/mol. The second-order valence-corrected chi connectivity index (χ2v) is 4.23. The Morgan fingerprint density at radius 1 is 1.69 bits per heavy atom. The molecule has 2 nitrogen and oxygen atoms in total. The molecule has 0 heterocycles. The molecule has 0 aromatic carbocycles. The van der Waals surface area contributed by atoms with Crippen LogP contribution in [0.4, 0.5) is 0 Å². The maximum Gasteiger partial charge on any atom is 0.0246 e. The van der Waals surface area contributed by atoms with Crippen LogP contribution >= 0.6 is 11.6 Å². The van der Waals surface area contributed by atoms with Gasteiger partial charge in [-0.15, -0.1) is 0 Å². The SMILES string of the molecule is CC(=CCl)CN(C)C(CN)C1CC1. The minimum Gasteiger partial charge on any atom is -0.329 e. The fourth-order valence-corrected chi connectivity index (χ4v) is 1.83. The first-order valence-electron chi connectivity index (χ1n) is 4.85. The van der Waals surface area contributed by atoms with E-state index in [1.807, 2.05) is 6.92 Å². The van der Waals surface area contributed by atoms with Crippen molar-refractivity contribution in [3.05, 3.63) is 11.1 Å². The molecule has 2 N–H and O–H groups in total. The lowest BCUT2D eigenvalue weighted by atomic mass is 10.1. The summed E-state index contributed by atoms with van der Waals surface area (Å²) in [6.45, 7) is 3.74. The molecule has 1 rings (SSSR count). The van der Waals surface area contributed by atoms with Gasteiger partial charge in [0.25, 0.3) is 0 Å². The number of halogens is 1. The van der Waals surface area contributed by atoms with E-state index in [4.69, 9.17) is 17.3 Å². The molecule has 1 unspecified atom stereocenters. The van der Waals surface area contributed by atoms with Gasteiger partial charge in [0.1, 0.15) is 0 Å².